The maximum atomic E-state index is 13.4. The molecule has 0 saturated heterocycles. The lowest BCUT2D eigenvalue weighted by molar-refractivity contribution is -0.165. The zero-order valence-electron chi connectivity index (χ0n) is 22.6. The molecule has 0 aliphatic carbocycles. The van der Waals surface area contributed by atoms with Crippen LogP contribution in [0, 0.1) is 11.6 Å². The van der Waals surface area contributed by atoms with E-state index < -0.39 is 24.1 Å². The molecule has 0 amide bonds. The Morgan fingerprint density at radius 3 is 1.88 bits per heavy atom. The van der Waals surface area contributed by atoms with E-state index in [-0.39, 0.29) is 17.6 Å². The fraction of sp³-hybridized carbons (Fsp3) is 0.290. The standard InChI is InChI=1S/C27H26ClF2NO.C4H6O6/c28-22-3-1-4-26(19-22)32-25-14-17-31(18-15-25)16-2-5-27(20-6-10-23(29)11-7-20)21-8-12-24(30)13-9-21;5-1(3(7)8)2(6)4(9)10/h1,3-4,6-14,19,27H,2,5,15-18H2;1-2,5-6H,(H,7,8)(H,9,10). The number of ether oxygens (including phenoxy) is 1. The van der Waals surface area contributed by atoms with E-state index in [1.165, 1.54) is 24.3 Å². The molecule has 0 saturated carbocycles. The van der Waals surface area contributed by atoms with E-state index in [1.54, 1.807) is 0 Å². The van der Waals surface area contributed by atoms with Gasteiger partial charge < -0.3 is 25.2 Å². The van der Waals surface area contributed by atoms with Crippen molar-refractivity contribution in [2.75, 3.05) is 19.6 Å². The highest BCUT2D eigenvalue weighted by Gasteiger charge is 2.29. The van der Waals surface area contributed by atoms with Gasteiger partial charge in [0.15, 0.2) is 12.2 Å². The summed E-state index contributed by atoms with van der Waals surface area (Å²) < 4.78 is 32.8. The van der Waals surface area contributed by atoms with Crippen LogP contribution in [-0.2, 0) is 9.59 Å². The van der Waals surface area contributed by atoms with Crippen molar-refractivity contribution in [2.24, 2.45) is 0 Å². The summed E-state index contributed by atoms with van der Waals surface area (Å²) in [5, 5.41) is 33.2. The van der Waals surface area contributed by atoms with Gasteiger partial charge in [-0.2, -0.15) is 0 Å². The molecule has 0 spiro atoms. The minimum atomic E-state index is -2.27. The second-order valence-electron chi connectivity index (χ2n) is 9.64. The molecular weight excluding hydrogens is 572 g/mol. The predicted octanol–water partition coefficient (Wildman–Crippen LogP) is 5.08. The van der Waals surface area contributed by atoms with Gasteiger partial charge in [-0.3, -0.25) is 4.90 Å². The first-order valence-electron chi connectivity index (χ1n) is 13.2. The number of halogens is 3. The van der Waals surface area contributed by atoms with Crippen molar-refractivity contribution in [3.05, 3.63) is 112 Å². The largest absolute Gasteiger partial charge is 0.479 e. The summed E-state index contributed by atoms with van der Waals surface area (Å²) in [4.78, 5) is 21.9. The van der Waals surface area contributed by atoms with Crippen LogP contribution in [0.5, 0.6) is 5.75 Å². The quantitative estimate of drug-likeness (QED) is 0.239. The predicted molar refractivity (Wildman–Crippen MR) is 152 cm³/mol. The molecule has 224 valence electrons. The molecule has 2 atom stereocenters. The molecule has 1 heterocycles. The number of hydrogen-bond acceptors (Lipinski definition) is 6. The zero-order valence-corrected chi connectivity index (χ0v) is 23.3. The Morgan fingerprint density at radius 2 is 1.43 bits per heavy atom. The number of carboxylic acids is 2. The SMILES string of the molecule is Fc1ccc(C(CCCN2CC=C(Oc3cccc(Cl)c3)CC2)c2ccc(F)cc2)cc1.O=C(O)C(O)C(O)C(=O)O. The Kier molecular flexibility index (Phi) is 12.4. The van der Waals surface area contributed by atoms with E-state index in [0.29, 0.717) is 5.02 Å². The van der Waals surface area contributed by atoms with Gasteiger partial charge in [-0.25, -0.2) is 18.4 Å². The molecule has 4 rings (SSSR count). The molecule has 0 fully saturated rings. The molecule has 2 unspecified atom stereocenters. The molecule has 0 radical (unpaired) electrons. The first kappa shape index (κ1) is 32.7. The van der Waals surface area contributed by atoms with Crippen molar-refractivity contribution in [1.82, 2.24) is 4.90 Å². The minimum absolute atomic E-state index is 0.109. The van der Waals surface area contributed by atoms with Crippen LogP contribution in [-0.4, -0.2) is 69.1 Å². The van der Waals surface area contributed by atoms with Gasteiger partial charge in [0.05, 0.1) is 0 Å². The topological polar surface area (TPSA) is 128 Å². The summed E-state index contributed by atoms with van der Waals surface area (Å²) in [5.74, 6) is -2.19. The van der Waals surface area contributed by atoms with E-state index in [9.17, 15) is 18.4 Å². The highest BCUT2D eigenvalue weighted by molar-refractivity contribution is 6.30. The van der Waals surface area contributed by atoms with Crippen LogP contribution in [0.3, 0.4) is 0 Å². The maximum Gasteiger partial charge on any atom is 0.335 e. The number of carboxylic acid groups (broad SMARTS) is 2. The van der Waals surface area contributed by atoms with Crippen molar-refractivity contribution in [2.45, 2.75) is 37.4 Å². The molecule has 11 heteroatoms. The number of nitrogens with zero attached hydrogens (tertiary/aromatic N) is 1. The number of hydrogen-bond donors (Lipinski definition) is 4. The summed E-state index contributed by atoms with van der Waals surface area (Å²) in [7, 11) is 0. The van der Waals surface area contributed by atoms with Crippen molar-refractivity contribution < 1.29 is 43.5 Å². The van der Waals surface area contributed by atoms with Gasteiger partial charge >= 0.3 is 11.9 Å². The molecule has 0 aromatic heterocycles. The number of aliphatic carboxylic acids is 2. The maximum absolute atomic E-state index is 13.4. The minimum Gasteiger partial charge on any atom is -0.479 e. The zero-order chi connectivity index (χ0) is 30.6. The number of benzene rings is 3. The van der Waals surface area contributed by atoms with Gasteiger partial charge in [0.2, 0.25) is 0 Å². The Bertz CT molecular complexity index is 1290. The third-order valence-corrected chi connectivity index (χ3v) is 6.85. The molecule has 1 aliphatic rings. The molecule has 42 heavy (non-hydrogen) atoms. The first-order valence-corrected chi connectivity index (χ1v) is 13.6. The van der Waals surface area contributed by atoms with Gasteiger partial charge in [0.1, 0.15) is 23.1 Å². The van der Waals surface area contributed by atoms with E-state index in [1.807, 2.05) is 48.5 Å². The smallest absolute Gasteiger partial charge is 0.335 e. The molecule has 3 aromatic carbocycles. The number of carbonyl (C=O) groups is 2. The fourth-order valence-electron chi connectivity index (χ4n) is 4.38. The van der Waals surface area contributed by atoms with Gasteiger partial charge in [0, 0.05) is 30.5 Å². The second kappa shape index (κ2) is 16.0. The van der Waals surface area contributed by atoms with Crippen molar-refractivity contribution in [1.29, 1.82) is 0 Å². The van der Waals surface area contributed by atoms with Crippen LogP contribution in [0.2, 0.25) is 5.02 Å². The van der Waals surface area contributed by atoms with Crippen LogP contribution in [0.4, 0.5) is 8.78 Å². The Balaban J connectivity index is 0.000000416. The summed E-state index contributed by atoms with van der Waals surface area (Å²) in [5.41, 5.74) is 2.10. The van der Waals surface area contributed by atoms with Gasteiger partial charge in [-0.1, -0.05) is 41.9 Å². The van der Waals surface area contributed by atoms with E-state index in [0.717, 1.165) is 61.5 Å². The molecule has 8 nitrogen and oxygen atoms in total. The summed E-state index contributed by atoms with van der Waals surface area (Å²) in [6.07, 6.45) is 0.337. The molecule has 3 aromatic rings. The van der Waals surface area contributed by atoms with Crippen LogP contribution in [0.1, 0.15) is 36.3 Å². The number of aliphatic hydroxyl groups excluding tert-OH is 2. The van der Waals surface area contributed by atoms with Gasteiger partial charge in [-0.05, 0) is 79.1 Å². The van der Waals surface area contributed by atoms with Gasteiger partial charge in [-0.15, -0.1) is 0 Å². The van der Waals surface area contributed by atoms with E-state index >= 15 is 0 Å². The Hall–Kier alpha value is -3.83. The Labute approximate surface area is 247 Å². The normalized spacial score (nSPS) is 14.8. The van der Waals surface area contributed by atoms with E-state index in [4.69, 9.17) is 36.8 Å². The average Bonchev–Trinajstić information content (AvgIpc) is 2.97. The third-order valence-electron chi connectivity index (χ3n) is 6.61. The Morgan fingerprint density at radius 1 is 0.881 bits per heavy atom. The van der Waals surface area contributed by atoms with Crippen LogP contribution >= 0.6 is 11.6 Å². The summed E-state index contributed by atoms with van der Waals surface area (Å²) in [6, 6.07) is 20.7. The highest BCUT2D eigenvalue weighted by Crippen LogP contribution is 2.30. The summed E-state index contributed by atoms with van der Waals surface area (Å²) in [6.45, 7) is 2.73. The van der Waals surface area contributed by atoms with Crippen molar-refractivity contribution in [3.8, 4) is 5.75 Å². The first-order chi connectivity index (χ1) is 20.0. The third kappa shape index (κ3) is 10.2. The van der Waals surface area contributed by atoms with Crippen LogP contribution < -0.4 is 4.74 Å². The van der Waals surface area contributed by atoms with E-state index in [2.05, 4.69) is 11.0 Å². The fourth-order valence-corrected chi connectivity index (χ4v) is 4.56. The highest BCUT2D eigenvalue weighted by atomic mass is 35.5. The summed E-state index contributed by atoms with van der Waals surface area (Å²) >= 11 is 6.03. The molecule has 1 aliphatic heterocycles. The number of aliphatic hydroxyl groups is 2. The van der Waals surface area contributed by atoms with Crippen molar-refractivity contribution >= 4 is 23.5 Å². The second-order valence-corrected chi connectivity index (χ2v) is 10.1. The lowest BCUT2D eigenvalue weighted by Gasteiger charge is -2.27. The number of rotatable bonds is 11. The lowest BCUT2D eigenvalue weighted by atomic mass is 9.87. The van der Waals surface area contributed by atoms with Gasteiger partial charge in [0.25, 0.3) is 0 Å². The monoisotopic (exact) mass is 603 g/mol. The van der Waals surface area contributed by atoms with Crippen LogP contribution in [0.25, 0.3) is 0 Å². The molecule has 4 N–H and O–H groups in total. The lowest BCUT2D eigenvalue weighted by Crippen LogP contribution is -2.39. The van der Waals surface area contributed by atoms with Crippen LogP contribution in [0.15, 0.2) is 84.6 Å². The molecule has 0 bridgehead atoms. The van der Waals surface area contributed by atoms with Crippen molar-refractivity contribution in [3.63, 3.8) is 0 Å². The average molecular weight is 604 g/mol. The molecular formula is C31H32ClF2NO7.